The highest BCUT2D eigenvalue weighted by Crippen LogP contribution is 2.30. The molecule has 0 N–H and O–H groups in total. The summed E-state index contributed by atoms with van der Waals surface area (Å²) in [5.41, 5.74) is 3.24. The molecule has 0 aliphatic carbocycles. The Hall–Kier alpha value is -1.98. The second-order valence-electron chi connectivity index (χ2n) is 5.86. The standard InChI is InChI=1S/C19H20N2O2S/c1-22-15-10-8-14(9-11-15)21-18-7-3-2-6-17(18)20-19(21)24-13-16-5-4-12-23-16/h2-3,6-11,16H,4-5,12-13H2,1H3. The Bertz CT molecular complexity index is 823. The van der Waals surface area contributed by atoms with Crippen molar-refractivity contribution in [2.24, 2.45) is 0 Å². The van der Waals surface area contributed by atoms with Crippen molar-refractivity contribution in [2.45, 2.75) is 24.1 Å². The van der Waals surface area contributed by atoms with Gasteiger partial charge in [0.2, 0.25) is 0 Å². The Kier molecular flexibility index (Phi) is 4.45. The van der Waals surface area contributed by atoms with Gasteiger partial charge in [-0.1, -0.05) is 23.9 Å². The summed E-state index contributed by atoms with van der Waals surface area (Å²) in [5, 5.41) is 1.01. The molecule has 3 aromatic rings. The number of ether oxygens (including phenoxy) is 2. The molecule has 0 spiro atoms. The van der Waals surface area contributed by atoms with Gasteiger partial charge in [0.25, 0.3) is 0 Å². The predicted molar refractivity (Wildman–Crippen MR) is 97.3 cm³/mol. The largest absolute Gasteiger partial charge is 0.497 e. The predicted octanol–water partition coefficient (Wildman–Crippen LogP) is 4.31. The van der Waals surface area contributed by atoms with E-state index in [1.807, 2.05) is 18.2 Å². The van der Waals surface area contributed by atoms with Gasteiger partial charge >= 0.3 is 0 Å². The molecule has 2 heterocycles. The molecule has 124 valence electrons. The van der Waals surface area contributed by atoms with Crippen LogP contribution in [-0.4, -0.2) is 35.1 Å². The number of hydrogen-bond acceptors (Lipinski definition) is 4. The Balaban J connectivity index is 1.71. The smallest absolute Gasteiger partial charge is 0.173 e. The maximum atomic E-state index is 5.75. The number of hydrogen-bond donors (Lipinski definition) is 0. The molecule has 0 saturated carbocycles. The van der Waals surface area contributed by atoms with E-state index >= 15 is 0 Å². The van der Waals surface area contributed by atoms with Gasteiger partial charge in [-0.2, -0.15) is 0 Å². The zero-order valence-corrected chi connectivity index (χ0v) is 14.5. The molecule has 1 unspecified atom stereocenters. The first kappa shape index (κ1) is 15.5. The molecule has 0 bridgehead atoms. The van der Waals surface area contributed by atoms with Crippen molar-refractivity contribution in [2.75, 3.05) is 19.5 Å². The molecule has 24 heavy (non-hydrogen) atoms. The first-order valence-electron chi connectivity index (χ1n) is 8.21. The number of aromatic nitrogens is 2. The third kappa shape index (κ3) is 3.01. The average Bonchev–Trinajstić information content (AvgIpc) is 3.27. The molecular formula is C19H20N2O2S. The van der Waals surface area contributed by atoms with Crippen LogP contribution in [0, 0.1) is 0 Å². The second kappa shape index (κ2) is 6.87. The minimum atomic E-state index is 0.346. The van der Waals surface area contributed by atoms with Crippen molar-refractivity contribution in [3.8, 4) is 11.4 Å². The van der Waals surface area contributed by atoms with E-state index in [0.29, 0.717) is 6.10 Å². The van der Waals surface area contributed by atoms with Crippen LogP contribution in [0.3, 0.4) is 0 Å². The lowest BCUT2D eigenvalue weighted by atomic mass is 10.2. The molecule has 1 atom stereocenters. The number of nitrogens with zero attached hydrogens (tertiary/aromatic N) is 2. The average molecular weight is 340 g/mol. The van der Waals surface area contributed by atoms with Crippen LogP contribution < -0.4 is 4.74 Å². The Morgan fingerprint density at radius 3 is 2.79 bits per heavy atom. The normalized spacial score (nSPS) is 17.5. The number of para-hydroxylation sites is 2. The molecule has 1 aromatic heterocycles. The fraction of sp³-hybridized carbons (Fsp3) is 0.316. The van der Waals surface area contributed by atoms with Crippen LogP contribution in [0.5, 0.6) is 5.75 Å². The molecule has 4 nitrogen and oxygen atoms in total. The second-order valence-corrected chi connectivity index (χ2v) is 6.85. The first-order valence-corrected chi connectivity index (χ1v) is 9.20. The summed E-state index contributed by atoms with van der Waals surface area (Å²) in [6.45, 7) is 0.889. The van der Waals surface area contributed by atoms with E-state index in [0.717, 1.165) is 46.4 Å². The highest BCUT2D eigenvalue weighted by molar-refractivity contribution is 7.99. The van der Waals surface area contributed by atoms with Gasteiger partial charge in [0, 0.05) is 18.0 Å². The molecule has 1 saturated heterocycles. The van der Waals surface area contributed by atoms with Crippen molar-refractivity contribution < 1.29 is 9.47 Å². The van der Waals surface area contributed by atoms with Gasteiger partial charge in [-0.3, -0.25) is 4.57 Å². The van der Waals surface area contributed by atoms with E-state index in [9.17, 15) is 0 Å². The number of thioether (sulfide) groups is 1. The Labute approximate surface area is 145 Å². The highest BCUT2D eigenvalue weighted by atomic mass is 32.2. The van der Waals surface area contributed by atoms with Crippen LogP contribution in [-0.2, 0) is 4.74 Å². The number of imidazole rings is 1. The van der Waals surface area contributed by atoms with E-state index in [2.05, 4.69) is 34.9 Å². The molecule has 0 amide bonds. The minimum Gasteiger partial charge on any atom is -0.497 e. The van der Waals surface area contributed by atoms with Gasteiger partial charge in [-0.15, -0.1) is 0 Å². The third-order valence-electron chi connectivity index (χ3n) is 4.28. The quantitative estimate of drug-likeness (QED) is 0.649. The first-order chi connectivity index (χ1) is 11.8. The molecule has 4 rings (SSSR count). The number of rotatable bonds is 5. The third-order valence-corrected chi connectivity index (χ3v) is 5.35. The summed E-state index contributed by atoms with van der Waals surface area (Å²) in [4.78, 5) is 4.83. The lowest BCUT2D eigenvalue weighted by Crippen LogP contribution is -2.09. The minimum absolute atomic E-state index is 0.346. The number of fused-ring (bicyclic) bond motifs is 1. The van der Waals surface area contributed by atoms with Crippen molar-refractivity contribution >= 4 is 22.8 Å². The van der Waals surface area contributed by atoms with Gasteiger partial charge in [-0.05, 0) is 49.2 Å². The topological polar surface area (TPSA) is 36.3 Å². The number of methoxy groups -OCH3 is 1. The van der Waals surface area contributed by atoms with Crippen LogP contribution >= 0.6 is 11.8 Å². The van der Waals surface area contributed by atoms with E-state index in [1.54, 1.807) is 18.9 Å². The molecule has 1 aliphatic heterocycles. The molecular weight excluding hydrogens is 320 g/mol. The van der Waals surface area contributed by atoms with Gasteiger partial charge in [0.1, 0.15) is 5.75 Å². The molecule has 1 aliphatic rings. The fourth-order valence-electron chi connectivity index (χ4n) is 3.02. The fourth-order valence-corrected chi connectivity index (χ4v) is 4.12. The lowest BCUT2D eigenvalue weighted by Gasteiger charge is -2.12. The zero-order valence-electron chi connectivity index (χ0n) is 13.6. The van der Waals surface area contributed by atoms with Crippen molar-refractivity contribution in [3.63, 3.8) is 0 Å². The summed E-state index contributed by atoms with van der Waals surface area (Å²) in [6.07, 6.45) is 2.66. The molecule has 2 aromatic carbocycles. The van der Waals surface area contributed by atoms with E-state index in [-0.39, 0.29) is 0 Å². The van der Waals surface area contributed by atoms with Crippen LogP contribution in [0.15, 0.2) is 53.7 Å². The SMILES string of the molecule is COc1ccc(-n2c(SCC3CCCO3)nc3ccccc32)cc1. The Morgan fingerprint density at radius 2 is 2.04 bits per heavy atom. The zero-order chi connectivity index (χ0) is 16.4. The Morgan fingerprint density at radius 1 is 1.21 bits per heavy atom. The van der Waals surface area contributed by atoms with Crippen LogP contribution in [0.25, 0.3) is 16.7 Å². The highest BCUT2D eigenvalue weighted by Gasteiger charge is 2.19. The van der Waals surface area contributed by atoms with Gasteiger partial charge in [-0.25, -0.2) is 4.98 Å². The summed E-state index contributed by atoms with van der Waals surface area (Å²) in [7, 11) is 1.69. The molecule has 1 fully saturated rings. The van der Waals surface area contributed by atoms with Gasteiger partial charge in [0.15, 0.2) is 5.16 Å². The lowest BCUT2D eigenvalue weighted by molar-refractivity contribution is 0.129. The summed E-state index contributed by atoms with van der Waals surface area (Å²) < 4.78 is 13.2. The van der Waals surface area contributed by atoms with Crippen LogP contribution in [0.2, 0.25) is 0 Å². The monoisotopic (exact) mass is 340 g/mol. The summed E-state index contributed by atoms with van der Waals surface area (Å²) in [5.74, 6) is 1.80. The van der Waals surface area contributed by atoms with Crippen molar-refractivity contribution in [1.29, 1.82) is 0 Å². The molecule has 0 radical (unpaired) electrons. The van der Waals surface area contributed by atoms with Crippen molar-refractivity contribution in [1.82, 2.24) is 9.55 Å². The van der Waals surface area contributed by atoms with E-state index < -0.39 is 0 Å². The van der Waals surface area contributed by atoms with Crippen molar-refractivity contribution in [3.05, 3.63) is 48.5 Å². The van der Waals surface area contributed by atoms with Gasteiger partial charge in [0.05, 0.1) is 24.2 Å². The molecule has 5 heteroatoms. The van der Waals surface area contributed by atoms with E-state index in [4.69, 9.17) is 14.5 Å². The van der Waals surface area contributed by atoms with Gasteiger partial charge < -0.3 is 9.47 Å². The number of benzene rings is 2. The van der Waals surface area contributed by atoms with Crippen LogP contribution in [0.1, 0.15) is 12.8 Å². The maximum absolute atomic E-state index is 5.75. The van der Waals surface area contributed by atoms with E-state index in [1.165, 1.54) is 6.42 Å². The summed E-state index contributed by atoms with van der Waals surface area (Å²) in [6, 6.07) is 16.4. The summed E-state index contributed by atoms with van der Waals surface area (Å²) >= 11 is 1.77. The van der Waals surface area contributed by atoms with Crippen LogP contribution in [0.4, 0.5) is 0 Å². The maximum Gasteiger partial charge on any atom is 0.173 e.